The molecular formula is C14H16N2OS. The number of aryl methyl sites for hydroxylation is 3. The summed E-state index contributed by atoms with van der Waals surface area (Å²) in [5.41, 5.74) is 2.91. The summed E-state index contributed by atoms with van der Waals surface area (Å²) in [4.78, 5) is 17.3. The number of nitrogens with zero attached hydrogens (tertiary/aromatic N) is 1. The third kappa shape index (κ3) is 2.96. The second-order valence-electron chi connectivity index (χ2n) is 4.35. The molecule has 1 heterocycles. The Morgan fingerprint density at radius 1 is 1.33 bits per heavy atom. The number of amides is 1. The molecule has 0 unspecified atom stereocenters. The summed E-state index contributed by atoms with van der Waals surface area (Å²) in [5, 5.41) is 3.94. The van der Waals surface area contributed by atoms with Gasteiger partial charge in [0.1, 0.15) is 0 Å². The minimum Gasteiger partial charge on any atom is -0.347 e. The summed E-state index contributed by atoms with van der Waals surface area (Å²) in [6, 6.07) is 5.85. The Morgan fingerprint density at radius 2 is 2.11 bits per heavy atom. The highest BCUT2D eigenvalue weighted by Gasteiger charge is 2.09. The fourth-order valence-electron chi connectivity index (χ4n) is 1.82. The lowest BCUT2D eigenvalue weighted by Crippen LogP contribution is -2.23. The largest absolute Gasteiger partial charge is 0.347 e. The molecule has 2 rings (SSSR count). The van der Waals surface area contributed by atoms with Crippen LogP contribution in [-0.2, 0) is 6.54 Å². The third-order valence-electron chi connectivity index (χ3n) is 2.72. The van der Waals surface area contributed by atoms with Crippen LogP contribution >= 0.6 is 11.3 Å². The van der Waals surface area contributed by atoms with Crippen molar-refractivity contribution in [2.45, 2.75) is 27.3 Å². The molecule has 0 aliphatic heterocycles. The van der Waals surface area contributed by atoms with E-state index in [2.05, 4.69) is 10.3 Å². The second-order valence-corrected chi connectivity index (χ2v) is 5.67. The fourth-order valence-corrected chi connectivity index (χ4v) is 2.55. The molecule has 94 valence electrons. The molecule has 0 fully saturated rings. The predicted molar refractivity (Wildman–Crippen MR) is 73.9 cm³/mol. The SMILES string of the molecule is Cc1ccc(C(=O)NCc2cnc(C)s2)c(C)c1. The highest BCUT2D eigenvalue weighted by molar-refractivity contribution is 7.11. The molecule has 2 aromatic rings. The van der Waals surface area contributed by atoms with Crippen LogP contribution in [-0.4, -0.2) is 10.9 Å². The predicted octanol–water partition coefficient (Wildman–Crippen LogP) is 3.00. The van der Waals surface area contributed by atoms with Gasteiger partial charge in [0.05, 0.1) is 11.6 Å². The van der Waals surface area contributed by atoms with Gasteiger partial charge in [0.2, 0.25) is 0 Å². The van der Waals surface area contributed by atoms with Gasteiger partial charge in [-0.15, -0.1) is 11.3 Å². The van der Waals surface area contributed by atoms with E-state index in [4.69, 9.17) is 0 Å². The van der Waals surface area contributed by atoms with E-state index in [9.17, 15) is 4.79 Å². The van der Waals surface area contributed by atoms with E-state index in [0.29, 0.717) is 6.54 Å². The molecule has 0 radical (unpaired) electrons. The maximum absolute atomic E-state index is 12.0. The minimum atomic E-state index is -0.0291. The average Bonchev–Trinajstić information content (AvgIpc) is 2.72. The van der Waals surface area contributed by atoms with Gasteiger partial charge < -0.3 is 5.32 Å². The summed E-state index contributed by atoms with van der Waals surface area (Å²) in [6.45, 7) is 6.48. The first-order valence-electron chi connectivity index (χ1n) is 5.83. The smallest absolute Gasteiger partial charge is 0.251 e. The number of thiazole rings is 1. The number of aromatic nitrogens is 1. The molecule has 1 aromatic heterocycles. The Balaban J connectivity index is 2.03. The maximum Gasteiger partial charge on any atom is 0.251 e. The first-order chi connectivity index (χ1) is 8.56. The van der Waals surface area contributed by atoms with Gasteiger partial charge in [-0.3, -0.25) is 4.79 Å². The molecule has 4 heteroatoms. The number of benzene rings is 1. The van der Waals surface area contributed by atoms with Crippen LogP contribution in [0.4, 0.5) is 0 Å². The van der Waals surface area contributed by atoms with Gasteiger partial charge in [-0.05, 0) is 32.4 Å². The molecule has 0 bridgehead atoms. The summed E-state index contributed by atoms with van der Waals surface area (Å²) >= 11 is 1.61. The first-order valence-corrected chi connectivity index (χ1v) is 6.64. The van der Waals surface area contributed by atoms with Crippen molar-refractivity contribution in [3.8, 4) is 0 Å². The van der Waals surface area contributed by atoms with Crippen molar-refractivity contribution in [2.75, 3.05) is 0 Å². The van der Waals surface area contributed by atoms with Crippen molar-refractivity contribution in [3.05, 3.63) is 51.0 Å². The quantitative estimate of drug-likeness (QED) is 0.921. The Kier molecular flexibility index (Phi) is 3.77. The molecule has 0 aliphatic rings. The molecule has 18 heavy (non-hydrogen) atoms. The summed E-state index contributed by atoms with van der Waals surface area (Å²) in [5.74, 6) is -0.0291. The van der Waals surface area contributed by atoms with E-state index < -0.39 is 0 Å². The van der Waals surface area contributed by atoms with Gasteiger partial charge in [0.25, 0.3) is 5.91 Å². The molecular weight excluding hydrogens is 244 g/mol. The lowest BCUT2D eigenvalue weighted by atomic mass is 10.1. The third-order valence-corrected chi connectivity index (χ3v) is 3.63. The summed E-state index contributed by atoms with van der Waals surface area (Å²) < 4.78 is 0. The Labute approximate surface area is 111 Å². The van der Waals surface area contributed by atoms with Crippen molar-refractivity contribution in [1.82, 2.24) is 10.3 Å². The van der Waals surface area contributed by atoms with E-state index in [1.807, 2.05) is 45.2 Å². The van der Waals surface area contributed by atoms with Gasteiger partial charge in [0.15, 0.2) is 0 Å². The van der Waals surface area contributed by atoms with Crippen LogP contribution in [0, 0.1) is 20.8 Å². The first kappa shape index (κ1) is 12.8. The minimum absolute atomic E-state index is 0.0291. The van der Waals surface area contributed by atoms with Crippen molar-refractivity contribution in [2.24, 2.45) is 0 Å². The monoisotopic (exact) mass is 260 g/mol. The van der Waals surface area contributed by atoms with E-state index in [1.165, 1.54) is 5.56 Å². The van der Waals surface area contributed by atoms with Gasteiger partial charge in [-0.1, -0.05) is 17.7 Å². The molecule has 0 aliphatic carbocycles. The van der Waals surface area contributed by atoms with Crippen LogP contribution in [0.2, 0.25) is 0 Å². The fraction of sp³-hybridized carbons (Fsp3) is 0.286. The van der Waals surface area contributed by atoms with Crippen molar-refractivity contribution in [3.63, 3.8) is 0 Å². The zero-order valence-electron chi connectivity index (χ0n) is 10.8. The zero-order chi connectivity index (χ0) is 13.1. The molecule has 0 saturated carbocycles. The molecule has 1 amide bonds. The van der Waals surface area contributed by atoms with Gasteiger partial charge in [-0.2, -0.15) is 0 Å². The van der Waals surface area contributed by atoms with E-state index in [1.54, 1.807) is 11.3 Å². The molecule has 0 atom stereocenters. The van der Waals surface area contributed by atoms with Crippen LogP contribution in [0.5, 0.6) is 0 Å². The van der Waals surface area contributed by atoms with Crippen LogP contribution in [0.15, 0.2) is 24.4 Å². The highest BCUT2D eigenvalue weighted by Crippen LogP contribution is 2.13. The Bertz CT molecular complexity index is 575. The van der Waals surface area contributed by atoms with E-state index >= 15 is 0 Å². The standard InChI is InChI=1S/C14H16N2OS/c1-9-4-5-13(10(2)6-9)14(17)16-8-12-7-15-11(3)18-12/h4-7H,8H2,1-3H3,(H,16,17). The van der Waals surface area contributed by atoms with Crippen LogP contribution in [0.25, 0.3) is 0 Å². The van der Waals surface area contributed by atoms with E-state index in [0.717, 1.165) is 21.0 Å². The number of carbonyl (C=O) groups excluding carboxylic acids is 1. The average molecular weight is 260 g/mol. The molecule has 3 nitrogen and oxygen atoms in total. The van der Waals surface area contributed by atoms with Crippen molar-refractivity contribution >= 4 is 17.2 Å². The number of rotatable bonds is 3. The van der Waals surface area contributed by atoms with Crippen LogP contribution in [0.1, 0.15) is 31.4 Å². The molecule has 0 spiro atoms. The number of nitrogens with one attached hydrogen (secondary N) is 1. The lowest BCUT2D eigenvalue weighted by molar-refractivity contribution is 0.0950. The topological polar surface area (TPSA) is 42.0 Å². The second kappa shape index (κ2) is 5.31. The van der Waals surface area contributed by atoms with Crippen LogP contribution < -0.4 is 5.32 Å². The maximum atomic E-state index is 12.0. The summed E-state index contributed by atoms with van der Waals surface area (Å²) in [7, 11) is 0. The highest BCUT2D eigenvalue weighted by atomic mass is 32.1. The lowest BCUT2D eigenvalue weighted by Gasteiger charge is -2.07. The molecule has 0 saturated heterocycles. The Hall–Kier alpha value is -1.68. The van der Waals surface area contributed by atoms with Gasteiger partial charge in [0, 0.05) is 16.6 Å². The number of carbonyl (C=O) groups is 1. The number of hydrogen-bond donors (Lipinski definition) is 1. The zero-order valence-corrected chi connectivity index (χ0v) is 11.6. The Morgan fingerprint density at radius 3 is 2.72 bits per heavy atom. The summed E-state index contributed by atoms with van der Waals surface area (Å²) in [6.07, 6.45) is 1.81. The van der Waals surface area contributed by atoms with Crippen molar-refractivity contribution in [1.29, 1.82) is 0 Å². The van der Waals surface area contributed by atoms with E-state index in [-0.39, 0.29) is 5.91 Å². The normalized spacial score (nSPS) is 10.4. The van der Waals surface area contributed by atoms with Crippen LogP contribution in [0.3, 0.4) is 0 Å². The number of hydrogen-bond acceptors (Lipinski definition) is 3. The van der Waals surface area contributed by atoms with Crippen molar-refractivity contribution < 1.29 is 4.79 Å². The molecule has 1 N–H and O–H groups in total. The van der Waals surface area contributed by atoms with Gasteiger partial charge in [-0.25, -0.2) is 4.98 Å². The van der Waals surface area contributed by atoms with Gasteiger partial charge >= 0.3 is 0 Å². The molecule has 1 aromatic carbocycles.